The van der Waals surface area contributed by atoms with Crippen molar-refractivity contribution in [1.29, 1.82) is 0 Å². The number of hydrogen-bond acceptors (Lipinski definition) is 3. The summed E-state index contributed by atoms with van der Waals surface area (Å²) >= 11 is 5.21. The molecule has 2 rings (SSSR count). The van der Waals surface area contributed by atoms with E-state index in [0.717, 1.165) is 25.0 Å². The van der Waals surface area contributed by atoms with Crippen molar-refractivity contribution < 1.29 is 9.53 Å². The molecule has 5 heteroatoms. The first-order chi connectivity index (χ1) is 9.13. The van der Waals surface area contributed by atoms with Gasteiger partial charge in [0.2, 0.25) is 0 Å². The van der Waals surface area contributed by atoms with E-state index in [1.807, 2.05) is 13.8 Å². The Morgan fingerprint density at radius 2 is 2.32 bits per heavy atom. The molecule has 1 aliphatic carbocycles. The number of carbonyl (C=O) groups is 1. The van der Waals surface area contributed by atoms with Gasteiger partial charge in [0.15, 0.2) is 5.11 Å². The van der Waals surface area contributed by atoms with Gasteiger partial charge < -0.3 is 15.4 Å². The number of nitrogens with one attached hydrogen (secondary N) is 2. The molecule has 0 spiro atoms. The Morgan fingerprint density at radius 3 is 2.95 bits per heavy atom. The largest absolute Gasteiger partial charge is 0.463 e. The average molecular weight is 280 g/mol. The van der Waals surface area contributed by atoms with E-state index in [9.17, 15) is 4.79 Å². The second-order valence-electron chi connectivity index (χ2n) is 4.88. The Morgan fingerprint density at radius 1 is 1.53 bits per heavy atom. The minimum atomic E-state index is -0.248. The van der Waals surface area contributed by atoms with Crippen LogP contribution in [0.1, 0.15) is 33.1 Å². The molecule has 2 N–H and O–H groups in total. The van der Waals surface area contributed by atoms with E-state index >= 15 is 0 Å². The van der Waals surface area contributed by atoms with Gasteiger partial charge in [-0.3, -0.25) is 0 Å². The molecule has 104 valence electrons. The summed E-state index contributed by atoms with van der Waals surface area (Å²) in [4.78, 5) is 12.1. The highest BCUT2D eigenvalue weighted by atomic mass is 32.1. The van der Waals surface area contributed by atoms with Crippen molar-refractivity contribution in [3.63, 3.8) is 0 Å². The van der Waals surface area contributed by atoms with Gasteiger partial charge in [-0.2, -0.15) is 0 Å². The standard InChI is InChI=1S/C14H20N2O2S/c1-3-18-13(17)11-9(2)15-14(19)16-12(11)10-7-5-4-6-8-10/h4-5,10,12H,3,6-8H2,1-2H3,(H2,15,16,19)/t10-,12-/m1/s1. The predicted molar refractivity (Wildman–Crippen MR) is 78.5 cm³/mol. The monoisotopic (exact) mass is 280 g/mol. The number of ether oxygens (including phenoxy) is 1. The van der Waals surface area contributed by atoms with E-state index in [1.165, 1.54) is 0 Å². The first kappa shape index (κ1) is 14.1. The molecular weight excluding hydrogens is 260 g/mol. The van der Waals surface area contributed by atoms with Gasteiger partial charge in [-0.1, -0.05) is 12.2 Å². The fourth-order valence-corrected chi connectivity index (χ4v) is 2.96. The topological polar surface area (TPSA) is 50.4 Å². The maximum Gasteiger partial charge on any atom is 0.337 e. The summed E-state index contributed by atoms with van der Waals surface area (Å²) < 4.78 is 5.17. The minimum Gasteiger partial charge on any atom is -0.463 e. The normalized spacial score (nSPS) is 26.7. The summed E-state index contributed by atoms with van der Waals surface area (Å²) in [6, 6.07) is -0.0438. The van der Waals surface area contributed by atoms with Crippen molar-refractivity contribution in [2.24, 2.45) is 5.92 Å². The lowest BCUT2D eigenvalue weighted by Gasteiger charge is -2.35. The Kier molecular flexibility index (Phi) is 4.58. The molecule has 19 heavy (non-hydrogen) atoms. The van der Waals surface area contributed by atoms with Gasteiger partial charge in [-0.05, 0) is 51.2 Å². The second kappa shape index (κ2) is 6.19. The van der Waals surface area contributed by atoms with Crippen molar-refractivity contribution in [1.82, 2.24) is 10.6 Å². The van der Waals surface area contributed by atoms with Crippen LogP contribution in [-0.4, -0.2) is 23.7 Å². The first-order valence-electron chi connectivity index (χ1n) is 6.74. The number of thiocarbonyl (C=S) groups is 1. The van der Waals surface area contributed by atoms with Crippen LogP contribution in [0.15, 0.2) is 23.4 Å². The van der Waals surface area contributed by atoms with Crippen LogP contribution in [0.4, 0.5) is 0 Å². The van der Waals surface area contributed by atoms with Gasteiger partial charge in [0.1, 0.15) is 0 Å². The lowest BCUT2D eigenvalue weighted by Crippen LogP contribution is -2.53. The fraction of sp³-hybridized carbons (Fsp3) is 0.571. The molecule has 0 unspecified atom stereocenters. The van der Waals surface area contributed by atoms with Crippen molar-refractivity contribution in [3.8, 4) is 0 Å². The van der Waals surface area contributed by atoms with Crippen LogP contribution in [0.3, 0.4) is 0 Å². The van der Waals surface area contributed by atoms with Gasteiger partial charge in [0.05, 0.1) is 18.2 Å². The molecule has 0 amide bonds. The Labute approximate surface area is 119 Å². The van der Waals surface area contributed by atoms with Crippen molar-refractivity contribution in [2.45, 2.75) is 39.2 Å². The average Bonchev–Trinajstić information content (AvgIpc) is 2.39. The fourth-order valence-electron chi connectivity index (χ4n) is 2.68. The summed E-state index contributed by atoms with van der Waals surface area (Å²) in [5.41, 5.74) is 1.50. The van der Waals surface area contributed by atoms with Crippen molar-refractivity contribution in [2.75, 3.05) is 6.61 Å². The van der Waals surface area contributed by atoms with Crippen LogP contribution in [-0.2, 0) is 9.53 Å². The van der Waals surface area contributed by atoms with Crippen LogP contribution < -0.4 is 10.6 Å². The smallest absolute Gasteiger partial charge is 0.337 e. The van der Waals surface area contributed by atoms with Gasteiger partial charge in [0, 0.05) is 5.70 Å². The summed E-state index contributed by atoms with van der Waals surface area (Å²) in [6.45, 7) is 4.09. The molecule has 2 atom stereocenters. The van der Waals surface area contributed by atoms with Crippen molar-refractivity contribution >= 4 is 23.3 Å². The van der Waals surface area contributed by atoms with E-state index < -0.39 is 0 Å². The highest BCUT2D eigenvalue weighted by Gasteiger charge is 2.34. The second-order valence-corrected chi connectivity index (χ2v) is 5.29. The van der Waals surface area contributed by atoms with Gasteiger partial charge in [-0.15, -0.1) is 0 Å². The number of esters is 1. The third kappa shape index (κ3) is 3.15. The van der Waals surface area contributed by atoms with Crippen LogP contribution >= 0.6 is 12.2 Å². The third-order valence-corrected chi connectivity index (χ3v) is 3.80. The lowest BCUT2D eigenvalue weighted by atomic mass is 9.82. The molecule has 0 aromatic rings. The van der Waals surface area contributed by atoms with E-state index in [-0.39, 0.29) is 12.0 Å². The lowest BCUT2D eigenvalue weighted by molar-refractivity contribution is -0.139. The number of allylic oxidation sites excluding steroid dienone is 3. The minimum absolute atomic E-state index is 0.0438. The molecule has 0 bridgehead atoms. The Bertz CT molecular complexity index is 443. The zero-order valence-corrected chi connectivity index (χ0v) is 12.2. The summed E-state index contributed by atoms with van der Waals surface area (Å²) in [6.07, 6.45) is 7.46. The quantitative estimate of drug-likeness (QED) is 0.470. The van der Waals surface area contributed by atoms with Crippen LogP contribution in [0.25, 0.3) is 0 Å². The molecule has 0 aromatic heterocycles. The van der Waals surface area contributed by atoms with E-state index in [1.54, 1.807) is 0 Å². The molecular formula is C14H20N2O2S. The maximum absolute atomic E-state index is 12.1. The number of carbonyl (C=O) groups excluding carboxylic acids is 1. The maximum atomic E-state index is 12.1. The van der Waals surface area contributed by atoms with Crippen LogP contribution in [0.2, 0.25) is 0 Å². The van der Waals surface area contributed by atoms with E-state index in [2.05, 4.69) is 22.8 Å². The van der Waals surface area contributed by atoms with Crippen LogP contribution in [0.5, 0.6) is 0 Å². The van der Waals surface area contributed by atoms with E-state index in [4.69, 9.17) is 17.0 Å². The SMILES string of the molecule is CCOC(=O)C1=C(C)NC(=S)N[C@@H]1[C@@H]1CC=CCC1. The highest BCUT2D eigenvalue weighted by molar-refractivity contribution is 7.80. The zero-order chi connectivity index (χ0) is 13.8. The van der Waals surface area contributed by atoms with Gasteiger partial charge >= 0.3 is 5.97 Å². The highest BCUT2D eigenvalue weighted by Crippen LogP contribution is 2.29. The zero-order valence-electron chi connectivity index (χ0n) is 11.4. The molecule has 0 fully saturated rings. The molecule has 1 aliphatic heterocycles. The van der Waals surface area contributed by atoms with Crippen LogP contribution in [0, 0.1) is 5.92 Å². The Balaban J connectivity index is 2.26. The Hall–Kier alpha value is -1.36. The van der Waals surface area contributed by atoms with Gasteiger partial charge in [-0.25, -0.2) is 4.79 Å². The summed E-state index contributed by atoms with van der Waals surface area (Å²) in [5.74, 6) is 0.140. The number of hydrogen-bond donors (Lipinski definition) is 2. The first-order valence-corrected chi connectivity index (χ1v) is 7.14. The predicted octanol–water partition coefficient (Wildman–Crippen LogP) is 2.03. The molecule has 0 aromatic carbocycles. The molecule has 0 radical (unpaired) electrons. The number of rotatable bonds is 3. The van der Waals surface area contributed by atoms with Gasteiger partial charge in [0.25, 0.3) is 0 Å². The molecule has 2 aliphatic rings. The molecule has 0 saturated carbocycles. The van der Waals surface area contributed by atoms with E-state index in [0.29, 0.717) is 23.2 Å². The third-order valence-electron chi connectivity index (χ3n) is 3.58. The summed E-state index contributed by atoms with van der Waals surface area (Å²) in [5, 5.41) is 6.84. The van der Waals surface area contributed by atoms with Crippen molar-refractivity contribution in [3.05, 3.63) is 23.4 Å². The molecule has 1 heterocycles. The summed E-state index contributed by atoms with van der Waals surface area (Å²) in [7, 11) is 0. The molecule has 4 nitrogen and oxygen atoms in total. The molecule has 0 saturated heterocycles.